The van der Waals surface area contributed by atoms with Crippen molar-refractivity contribution in [3.63, 3.8) is 0 Å². The maximum absolute atomic E-state index is 13.0. The molecule has 1 fully saturated rings. The van der Waals surface area contributed by atoms with Crippen molar-refractivity contribution in [2.45, 2.75) is 90.9 Å². The fourth-order valence-electron chi connectivity index (χ4n) is 3.79. The van der Waals surface area contributed by atoms with E-state index in [1.807, 2.05) is 44.2 Å². The summed E-state index contributed by atoms with van der Waals surface area (Å²) in [6.45, 7) is 10.3. The molecule has 0 radical (unpaired) electrons. The lowest BCUT2D eigenvalue weighted by Crippen LogP contribution is -2.49. The molecule has 5 heteroatoms. The second-order valence-corrected chi connectivity index (χ2v) is 8.35. The fourth-order valence-corrected chi connectivity index (χ4v) is 3.79. The molecule has 5 nitrogen and oxygen atoms in total. The van der Waals surface area contributed by atoms with Gasteiger partial charge in [0.05, 0.1) is 12.1 Å². The van der Waals surface area contributed by atoms with Crippen LogP contribution in [0.5, 0.6) is 0 Å². The van der Waals surface area contributed by atoms with E-state index >= 15 is 0 Å². The van der Waals surface area contributed by atoms with Gasteiger partial charge >= 0.3 is 6.09 Å². The Kier molecular flexibility index (Phi) is 7.68. The molecule has 0 aromatic heterocycles. The predicted molar refractivity (Wildman–Crippen MR) is 106 cm³/mol. The second kappa shape index (κ2) is 9.56. The van der Waals surface area contributed by atoms with Gasteiger partial charge in [-0.05, 0) is 38.2 Å². The molecule has 1 aromatic carbocycles. The molecule has 0 saturated carbocycles. The van der Waals surface area contributed by atoms with Crippen LogP contribution in [0.3, 0.4) is 0 Å². The van der Waals surface area contributed by atoms with Gasteiger partial charge in [0, 0.05) is 0 Å². The first-order chi connectivity index (χ1) is 12.8. The molecule has 0 unspecified atom stereocenters. The number of unbranched alkanes of at least 4 members (excludes halogenated alkanes) is 1. The minimum Gasteiger partial charge on any atom is -0.444 e. The summed E-state index contributed by atoms with van der Waals surface area (Å²) in [5.74, 6) is 0.373. The molecule has 0 spiro atoms. The topological polar surface area (TPSA) is 59.0 Å². The average molecular weight is 378 g/mol. The number of ether oxygens (including phenoxy) is 2. The number of benzene rings is 1. The Morgan fingerprint density at radius 3 is 2.56 bits per heavy atom. The van der Waals surface area contributed by atoms with Crippen LogP contribution in [0.1, 0.15) is 65.9 Å². The second-order valence-electron chi connectivity index (χ2n) is 8.35. The van der Waals surface area contributed by atoms with E-state index in [1.54, 1.807) is 4.90 Å². The Morgan fingerprint density at radius 2 is 1.96 bits per heavy atom. The molecule has 3 atom stereocenters. The van der Waals surface area contributed by atoms with E-state index in [1.165, 1.54) is 0 Å². The Balaban J connectivity index is 2.15. The van der Waals surface area contributed by atoms with Gasteiger partial charge < -0.3 is 14.6 Å². The summed E-state index contributed by atoms with van der Waals surface area (Å²) in [6.07, 6.45) is 2.04. The Morgan fingerprint density at radius 1 is 1.30 bits per heavy atom. The number of rotatable bonds is 8. The van der Waals surface area contributed by atoms with Crippen molar-refractivity contribution in [1.82, 2.24) is 4.90 Å². The Hall–Kier alpha value is -1.59. The maximum Gasteiger partial charge on any atom is 0.412 e. The number of aliphatic hydroxyl groups is 1. The first-order valence-electron chi connectivity index (χ1n) is 10.1. The number of carbonyl (C=O) groups excluding carboxylic acids is 1. The zero-order valence-electron chi connectivity index (χ0n) is 17.4. The van der Waals surface area contributed by atoms with Crippen molar-refractivity contribution in [2.75, 3.05) is 0 Å². The molecule has 1 heterocycles. The third-order valence-electron chi connectivity index (χ3n) is 5.06. The molecule has 27 heavy (non-hydrogen) atoms. The van der Waals surface area contributed by atoms with Crippen molar-refractivity contribution in [2.24, 2.45) is 5.92 Å². The highest BCUT2D eigenvalue weighted by molar-refractivity contribution is 5.69. The van der Waals surface area contributed by atoms with E-state index in [-0.39, 0.29) is 18.7 Å². The van der Waals surface area contributed by atoms with Crippen LogP contribution in [0.25, 0.3) is 0 Å². The van der Waals surface area contributed by atoms with E-state index < -0.39 is 17.9 Å². The van der Waals surface area contributed by atoms with Gasteiger partial charge in [0.2, 0.25) is 0 Å². The smallest absolute Gasteiger partial charge is 0.412 e. The SMILES string of the molecule is CCCC[C@H](O)[C@@H]1OC(C)(C)N(C(=O)OCc2ccccc2)[C@H]1CC(C)C. The summed E-state index contributed by atoms with van der Waals surface area (Å²) in [5, 5.41) is 10.7. The van der Waals surface area contributed by atoms with Gasteiger partial charge in [0.15, 0.2) is 0 Å². The zero-order chi connectivity index (χ0) is 20.0. The summed E-state index contributed by atoms with van der Waals surface area (Å²) < 4.78 is 11.8. The minimum absolute atomic E-state index is 0.199. The first-order valence-corrected chi connectivity index (χ1v) is 10.1. The van der Waals surface area contributed by atoms with Crippen molar-refractivity contribution in [1.29, 1.82) is 0 Å². The molecule has 1 aliphatic heterocycles. The standard InChI is InChI=1S/C22H35NO4/c1-6-7-13-19(24)20-18(14-16(2)3)23(22(4,5)27-20)21(25)26-15-17-11-9-8-10-12-17/h8-12,16,18-20,24H,6-7,13-15H2,1-5H3/t18-,19-,20+/m0/s1. The predicted octanol–water partition coefficient (Wildman–Crippen LogP) is 4.73. The summed E-state index contributed by atoms with van der Waals surface area (Å²) in [4.78, 5) is 14.6. The van der Waals surface area contributed by atoms with Crippen LogP contribution >= 0.6 is 0 Å². The van der Waals surface area contributed by atoms with Gasteiger partial charge in [-0.2, -0.15) is 0 Å². The first kappa shape index (κ1) is 21.7. The van der Waals surface area contributed by atoms with Gasteiger partial charge in [-0.3, -0.25) is 4.90 Å². The molecule has 0 aliphatic carbocycles. The number of carbonyl (C=O) groups is 1. The number of hydrogen-bond donors (Lipinski definition) is 1. The number of amides is 1. The van der Waals surface area contributed by atoms with Crippen LogP contribution in [0.2, 0.25) is 0 Å². The highest BCUT2D eigenvalue weighted by Gasteiger charge is 2.52. The van der Waals surface area contributed by atoms with E-state index in [9.17, 15) is 9.90 Å². The van der Waals surface area contributed by atoms with Gasteiger partial charge in [-0.15, -0.1) is 0 Å². The Bertz CT molecular complexity index is 587. The molecule has 1 aromatic rings. The van der Waals surface area contributed by atoms with Gasteiger partial charge in [0.1, 0.15) is 18.4 Å². The summed E-state index contributed by atoms with van der Waals surface area (Å²) in [6, 6.07) is 9.45. The lowest BCUT2D eigenvalue weighted by atomic mass is 9.93. The summed E-state index contributed by atoms with van der Waals surface area (Å²) in [7, 11) is 0. The monoisotopic (exact) mass is 377 g/mol. The quantitative estimate of drug-likeness (QED) is 0.712. The normalized spacial score (nSPS) is 22.9. The van der Waals surface area contributed by atoms with Crippen LogP contribution in [-0.4, -0.2) is 40.1 Å². The highest BCUT2D eigenvalue weighted by atomic mass is 16.6. The molecule has 1 N–H and O–H groups in total. The Labute approximate surface area is 163 Å². The lowest BCUT2D eigenvalue weighted by molar-refractivity contribution is -0.101. The molecule has 2 rings (SSSR count). The van der Waals surface area contributed by atoms with Crippen LogP contribution in [0.15, 0.2) is 30.3 Å². The summed E-state index contributed by atoms with van der Waals surface area (Å²) >= 11 is 0. The average Bonchev–Trinajstić information content (AvgIpc) is 2.88. The molecular formula is C22H35NO4. The van der Waals surface area contributed by atoms with E-state index in [0.717, 1.165) is 24.8 Å². The van der Waals surface area contributed by atoms with Crippen LogP contribution in [-0.2, 0) is 16.1 Å². The lowest BCUT2D eigenvalue weighted by Gasteiger charge is -2.33. The van der Waals surface area contributed by atoms with Crippen molar-refractivity contribution in [3.05, 3.63) is 35.9 Å². The van der Waals surface area contributed by atoms with Crippen molar-refractivity contribution >= 4 is 6.09 Å². The van der Waals surface area contributed by atoms with E-state index in [0.29, 0.717) is 12.3 Å². The number of hydrogen-bond acceptors (Lipinski definition) is 4. The molecule has 152 valence electrons. The number of nitrogens with zero attached hydrogens (tertiary/aromatic N) is 1. The third kappa shape index (κ3) is 5.69. The zero-order valence-corrected chi connectivity index (χ0v) is 17.4. The molecule has 1 aliphatic rings. The van der Waals surface area contributed by atoms with Crippen LogP contribution < -0.4 is 0 Å². The van der Waals surface area contributed by atoms with Crippen LogP contribution in [0.4, 0.5) is 4.79 Å². The van der Waals surface area contributed by atoms with E-state index in [2.05, 4.69) is 20.8 Å². The molecular weight excluding hydrogens is 342 g/mol. The van der Waals surface area contributed by atoms with Crippen molar-refractivity contribution < 1.29 is 19.4 Å². The van der Waals surface area contributed by atoms with Gasteiger partial charge in [0.25, 0.3) is 0 Å². The largest absolute Gasteiger partial charge is 0.444 e. The van der Waals surface area contributed by atoms with Crippen LogP contribution in [0, 0.1) is 5.92 Å². The highest BCUT2D eigenvalue weighted by Crippen LogP contribution is 2.38. The van der Waals surface area contributed by atoms with Gasteiger partial charge in [-0.25, -0.2) is 4.79 Å². The van der Waals surface area contributed by atoms with E-state index in [4.69, 9.17) is 9.47 Å². The molecule has 0 bridgehead atoms. The molecule has 1 saturated heterocycles. The van der Waals surface area contributed by atoms with Gasteiger partial charge in [-0.1, -0.05) is 63.9 Å². The third-order valence-corrected chi connectivity index (χ3v) is 5.06. The minimum atomic E-state index is -0.814. The fraction of sp³-hybridized carbons (Fsp3) is 0.682. The maximum atomic E-state index is 13.0. The summed E-state index contributed by atoms with van der Waals surface area (Å²) in [5.41, 5.74) is 0.134. The van der Waals surface area contributed by atoms with Crippen molar-refractivity contribution in [3.8, 4) is 0 Å². The number of aliphatic hydroxyl groups excluding tert-OH is 1. The molecule has 1 amide bonds.